The van der Waals surface area contributed by atoms with Crippen molar-refractivity contribution in [3.05, 3.63) is 71.8 Å². The highest BCUT2D eigenvalue weighted by Gasteiger charge is 2.06. The Morgan fingerprint density at radius 3 is 2.57 bits per heavy atom. The number of hydrogen-bond acceptors (Lipinski definition) is 2. The second kappa shape index (κ2) is 5.41. The van der Waals surface area contributed by atoms with Crippen molar-refractivity contribution in [3.63, 3.8) is 0 Å². The molecule has 0 aliphatic carbocycles. The molecule has 0 unspecified atom stereocenters. The SMILES string of the molecule is CC(=Nc1cccc2ccccc12)c1cc(C)ccc1O. The molecule has 0 heterocycles. The van der Waals surface area contributed by atoms with Gasteiger partial charge in [-0.1, -0.05) is 48.0 Å². The molecule has 3 rings (SSSR count). The van der Waals surface area contributed by atoms with Crippen molar-refractivity contribution in [2.45, 2.75) is 13.8 Å². The number of phenols is 1. The van der Waals surface area contributed by atoms with Crippen molar-refractivity contribution in [1.29, 1.82) is 0 Å². The number of phenolic OH excluding ortho intramolecular Hbond substituents is 1. The van der Waals surface area contributed by atoms with E-state index < -0.39 is 0 Å². The summed E-state index contributed by atoms with van der Waals surface area (Å²) in [6.45, 7) is 3.93. The van der Waals surface area contributed by atoms with E-state index in [1.54, 1.807) is 6.07 Å². The molecule has 2 heteroatoms. The summed E-state index contributed by atoms with van der Waals surface area (Å²) in [5, 5.41) is 12.3. The van der Waals surface area contributed by atoms with Gasteiger partial charge in [-0.05, 0) is 37.4 Å². The Balaban J connectivity index is 2.13. The van der Waals surface area contributed by atoms with Gasteiger partial charge in [-0.3, -0.25) is 4.99 Å². The van der Waals surface area contributed by atoms with E-state index in [4.69, 9.17) is 4.99 Å². The molecular formula is C19H17NO. The minimum atomic E-state index is 0.266. The van der Waals surface area contributed by atoms with Crippen LogP contribution in [0, 0.1) is 6.92 Å². The molecule has 104 valence electrons. The maximum atomic E-state index is 10.0. The molecule has 0 saturated carbocycles. The van der Waals surface area contributed by atoms with Crippen LogP contribution in [0.15, 0.2) is 65.7 Å². The Morgan fingerprint density at radius 1 is 0.952 bits per heavy atom. The van der Waals surface area contributed by atoms with Crippen LogP contribution in [0.2, 0.25) is 0 Å². The molecule has 0 radical (unpaired) electrons. The Morgan fingerprint density at radius 2 is 1.71 bits per heavy atom. The molecule has 0 aromatic heterocycles. The second-order valence-electron chi connectivity index (χ2n) is 5.22. The fourth-order valence-corrected chi connectivity index (χ4v) is 2.49. The highest BCUT2D eigenvalue weighted by Crippen LogP contribution is 2.27. The van der Waals surface area contributed by atoms with Crippen molar-refractivity contribution >= 4 is 22.2 Å². The maximum absolute atomic E-state index is 10.0. The van der Waals surface area contributed by atoms with Crippen LogP contribution in [0.4, 0.5) is 5.69 Å². The van der Waals surface area contributed by atoms with E-state index in [1.165, 1.54) is 5.39 Å². The van der Waals surface area contributed by atoms with Gasteiger partial charge < -0.3 is 5.11 Å². The van der Waals surface area contributed by atoms with Crippen LogP contribution in [0.5, 0.6) is 5.75 Å². The normalized spacial score (nSPS) is 11.8. The Bertz CT molecular complexity index is 829. The van der Waals surface area contributed by atoms with E-state index in [-0.39, 0.29) is 5.75 Å². The van der Waals surface area contributed by atoms with Gasteiger partial charge in [0.05, 0.1) is 5.69 Å². The molecule has 0 saturated heterocycles. The van der Waals surface area contributed by atoms with E-state index in [1.807, 2.05) is 50.2 Å². The first-order valence-corrected chi connectivity index (χ1v) is 6.98. The lowest BCUT2D eigenvalue weighted by molar-refractivity contribution is 0.474. The summed E-state index contributed by atoms with van der Waals surface area (Å²) in [5.41, 5.74) is 3.62. The lowest BCUT2D eigenvalue weighted by Gasteiger charge is -2.07. The van der Waals surface area contributed by atoms with Crippen LogP contribution in [0.25, 0.3) is 10.8 Å². The van der Waals surface area contributed by atoms with E-state index in [2.05, 4.69) is 18.2 Å². The lowest BCUT2D eigenvalue weighted by Crippen LogP contribution is -1.95. The number of aryl methyl sites for hydroxylation is 1. The van der Waals surface area contributed by atoms with Gasteiger partial charge in [0, 0.05) is 16.7 Å². The van der Waals surface area contributed by atoms with Crippen molar-refractivity contribution < 1.29 is 5.11 Å². The number of nitrogens with zero attached hydrogens (tertiary/aromatic N) is 1. The molecule has 3 aromatic rings. The number of aliphatic imine (C=N–C) groups is 1. The highest BCUT2D eigenvalue weighted by atomic mass is 16.3. The molecule has 3 aromatic carbocycles. The molecule has 2 nitrogen and oxygen atoms in total. The maximum Gasteiger partial charge on any atom is 0.124 e. The molecule has 21 heavy (non-hydrogen) atoms. The third kappa shape index (κ3) is 2.65. The molecule has 0 fully saturated rings. The van der Waals surface area contributed by atoms with Gasteiger partial charge in [0.25, 0.3) is 0 Å². The predicted octanol–water partition coefficient (Wildman–Crippen LogP) is 4.99. The molecular weight excluding hydrogens is 258 g/mol. The van der Waals surface area contributed by atoms with Gasteiger partial charge in [-0.25, -0.2) is 0 Å². The topological polar surface area (TPSA) is 32.6 Å². The Labute approximate surface area is 124 Å². The predicted molar refractivity (Wildman–Crippen MR) is 88.7 cm³/mol. The van der Waals surface area contributed by atoms with Gasteiger partial charge in [-0.2, -0.15) is 0 Å². The van der Waals surface area contributed by atoms with Crippen LogP contribution < -0.4 is 0 Å². The van der Waals surface area contributed by atoms with E-state index in [0.29, 0.717) is 0 Å². The molecule has 0 amide bonds. The van der Waals surface area contributed by atoms with Crippen molar-refractivity contribution in [2.75, 3.05) is 0 Å². The third-order valence-electron chi connectivity index (χ3n) is 3.60. The first-order chi connectivity index (χ1) is 10.1. The lowest BCUT2D eigenvalue weighted by atomic mass is 10.1. The minimum Gasteiger partial charge on any atom is -0.507 e. The van der Waals surface area contributed by atoms with Gasteiger partial charge >= 0.3 is 0 Å². The quantitative estimate of drug-likeness (QED) is 0.656. The van der Waals surface area contributed by atoms with Gasteiger partial charge in [-0.15, -0.1) is 0 Å². The number of aromatic hydroxyl groups is 1. The van der Waals surface area contributed by atoms with E-state index in [0.717, 1.165) is 27.9 Å². The number of fused-ring (bicyclic) bond motifs is 1. The van der Waals surface area contributed by atoms with Crippen LogP contribution in [0.3, 0.4) is 0 Å². The monoisotopic (exact) mass is 275 g/mol. The number of rotatable bonds is 2. The Hall–Kier alpha value is -2.61. The van der Waals surface area contributed by atoms with Gasteiger partial charge in [0.15, 0.2) is 0 Å². The summed E-state index contributed by atoms with van der Waals surface area (Å²) in [6.07, 6.45) is 0. The second-order valence-corrected chi connectivity index (χ2v) is 5.22. The van der Waals surface area contributed by atoms with E-state index in [9.17, 15) is 5.11 Å². The van der Waals surface area contributed by atoms with Crippen molar-refractivity contribution in [1.82, 2.24) is 0 Å². The van der Waals surface area contributed by atoms with E-state index >= 15 is 0 Å². The number of benzene rings is 3. The summed E-state index contributed by atoms with van der Waals surface area (Å²) in [4.78, 5) is 4.72. The average molecular weight is 275 g/mol. The van der Waals surface area contributed by atoms with Gasteiger partial charge in [0.2, 0.25) is 0 Å². The summed E-state index contributed by atoms with van der Waals surface area (Å²) in [7, 11) is 0. The summed E-state index contributed by atoms with van der Waals surface area (Å²) >= 11 is 0. The average Bonchev–Trinajstić information content (AvgIpc) is 2.50. The Kier molecular flexibility index (Phi) is 3.44. The van der Waals surface area contributed by atoms with Crippen molar-refractivity contribution in [3.8, 4) is 5.75 Å². The largest absolute Gasteiger partial charge is 0.507 e. The minimum absolute atomic E-state index is 0.266. The zero-order chi connectivity index (χ0) is 14.8. The smallest absolute Gasteiger partial charge is 0.124 e. The first kappa shape index (κ1) is 13.4. The number of hydrogen-bond donors (Lipinski definition) is 1. The highest BCUT2D eigenvalue weighted by molar-refractivity contribution is 6.05. The third-order valence-corrected chi connectivity index (χ3v) is 3.60. The standard InChI is InChI=1S/C19H17NO/c1-13-10-11-19(21)17(12-13)14(2)20-18-9-5-7-15-6-3-4-8-16(15)18/h3-12,21H,1-2H3. The zero-order valence-corrected chi connectivity index (χ0v) is 12.2. The molecule has 1 N–H and O–H groups in total. The molecule has 0 spiro atoms. The van der Waals surface area contributed by atoms with Crippen LogP contribution in [-0.2, 0) is 0 Å². The first-order valence-electron chi connectivity index (χ1n) is 6.98. The fraction of sp³-hybridized carbons (Fsp3) is 0.105. The zero-order valence-electron chi connectivity index (χ0n) is 12.2. The summed E-state index contributed by atoms with van der Waals surface area (Å²) in [6, 6.07) is 19.8. The van der Waals surface area contributed by atoms with Crippen LogP contribution >= 0.6 is 0 Å². The summed E-state index contributed by atoms with van der Waals surface area (Å²) < 4.78 is 0. The summed E-state index contributed by atoms with van der Waals surface area (Å²) in [5.74, 6) is 0.266. The van der Waals surface area contributed by atoms with Gasteiger partial charge in [0.1, 0.15) is 5.75 Å². The van der Waals surface area contributed by atoms with Crippen LogP contribution in [0.1, 0.15) is 18.1 Å². The fourth-order valence-electron chi connectivity index (χ4n) is 2.49. The molecule has 0 atom stereocenters. The van der Waals surface area contributed by atoms with Crippen LogP contribution in [-0.4, -0.2) is 10.8 Å². The molecule has 0 aliphatic heterocycles. The van der Waals surface area contributed by atoms with Crippen molar-refractivity contribution in [2.24, 2.45) is 4.99 Å². The molecule has 0 aliphatic rings. The molecule has 0 bridgehead atoms.